The van der Waals surface area contributed by atoms with Gasteiger partial charge in [0.2, 0.25) is 11.8 Å². The summed E-state index contributed by atoms with van der Waals surface area (Å²) in [4.78, 5) is 37.6. The van der Waals surface area contributed by atoms with Crippen LogP contribution in [0.2, 0.25) is 0 Å². The zero-order valence-corrected chi connectivity index (χ0v) is 22.4. The van der Waals surface area contributed by atoms with E-state index in [2.05, 4.69) is 20.9 Å². The molecule has 13 heteroatoms. The van der Waals surface area contributed by atoms with Crippen LogP contribution in [-0.2, 0) is 20.9 Å². The van der Waals surface area contributed by atoms with Crippen LogP contribution in [0.3, 0.4) is 0 Å². The van der Waals surface area contributed by atoms with Crippen molar-refractivity contribution in [1.82, 2.24) is 10.3 Å². The number of carbonyl (C=O) groups is 3. The van der Waals surface area contributed by atoms with Crippen molar-refractivity contribution < 1.29 is 37.1 Å². The lowest BCUT2D eigenvalue weighted by molar-refractivity contribution is -0.192. The average molecular weight is 586 g/mol. The topological polar surface area (TPSA) is 146 Å². The molecule has 2 amide bonds. The first-order valence-electron chi connectivity index (χ1n) is 12.4. The number of carbonyl (C=O) groups excluding carboxylic acids is 2. The van der Waals surface area contributed by atoms with E-state index in [1.807, 2.05) is 31.2 Å². The van der Waals surface area contributed by atoms with Crippen molar-refractivity contribution in [1.29, 1.82) is 0 Å². The molecule has 4 rings (SSSR count). The third-order valence-corrected chi connectivity index (χ3v) is 5.79. The second-order valence-electron chi connectivity index (χ2n) is 9.14. The molecule has 1 heterocycles. The highest BCUT2D eigenvalue weighted by molar-refractivity contribution is 5.94. The number of alkyl halides is 3. The van der Waals surface area contributed by atoms with Gasteiger partial charge in [-0.25, -0.2) is 14.2 Å². The zero-order valence-electron chi connectivity index (χ0n) is 22.4. The maximum atomic E-state index is 14.8. The van der Waals surface area contributed by atoms with Gasteiger partial charge in [-0.15, -0.1) is 0 Å². The fourth-order valence-electron chi connectivity index (χ4n) is 3.88. The summed E-state index contributed by atoms with van der Waals surface area (Å²) in [5.41, 5.74) is 9.08. The summed E-state index contributed by atoms with van der Waals surface area (Å²) in [5.74, 6) is -3.40. The van der Waals surface area contributed by atoms with E-state index in [0.29, 0.717) is 17.2 Å². The molecule has 0 aliphatic carbocycles. The largest absolute Gasteiger partial charge is 0.490 e. The lowest BCUT2D eigenvalue weighted by Gasteiger charge is -2.21. The predicted molar refractivity (Wildman–Crippen MR) is 150 cm³/mol. The lowest BCUT2D eigenvalue weighted by atomic mass is 10.0. The Balaban J connectivity index is 0.000000616. The molecule has 0 bridgehead atoms. The van der Waals surface area contributed by atoms with Gasteiger partial charge >= 0.3 is 12.1 Å². The van der Waals surface area contributed by atoms with Crippen LogP contribution in [0.25, 0.3) is 10.8 Å². The standard InChI is InChI=1S/C27H26FN5O2.C2HF3O2/c1-16-6-9-24(28)23(12-16)25(33-21-7-8-22-19(14-21)10-11-30-26(22)29)27(35)31-15-18-4-3-5-20(13-18)32-17(2)34;3-2(4,5)1(6)7/h3-14,25,33H,15H2,1-2H3,(H2,29,30)(H,31,35)(H,32,34);(H,6,7). The number of aromatic nitrogens is 1. The van der Waals surface area contributed by atoms with E-state index in [4.69, 9.17) is 15.6 Å². The van der Waals surface area contributed by atoms with Gasteiger partial charge in [0, 0.05) is 42.0 Å². The summed E-state index contributed by atoms with van der Waals surface area (Å²) in [6, 6.07) is 18.1. The summed E-state index contributed by atoms with van der Waals surface area (Å²) < 4.78 is 46.6. The van der Waals surface area contributed by atoms with Crippen molar-refractivity contribution in [3.8, 4) is 0 Å². The zero-order chi connectivity index (χ0) is 31.0. The first-order chi connectivity index (χ1) is 19.7. The van der Waals surface area contributed by atoms with Crippen molar-refractivity contribution in [2.75, 3.05) is 16.4 Å². The number of nitrogen functional groups attached to an aromatic ring is 1. The number of carboxylic acid groups (broad SMARTS) is 1. The smallest absolute Gasteiger partial charge is 0.475 e. The maximum Gasteiger partial charge on any atom is 0.490 e. The minimum Gasteiger partial charge on any atom is -0.475 e. The fraction of sp³-hybridized carbons (Fsp3) is 0.172. The van der Waals surface area contributed by atoms with E-state index >= 15 is 0 Å². The third-order valence-electron chi connectivity index (χ3n) is 5.79. The Morgan fingerprint density at radius 2 is 1.71 bits per heavy atom. The fourth-order valence-corrected chi connectivity index (χ4v) is 3.88. The number of nitrogens with two attached hydrogens (primary N) is 1. The number of aliphatic carboxylic acids is 1. The molecule has 0 radical (unpaired) electrons. The van der Waals surface area contributed by atoms with E-state index in [9.17, 15) is 27.2 Å². The molecule has 1 aromatic heterocycles. The molecular weight excluding hydrogens is 558 g/mol. The van der Waals surface area contributed by atoms with Crippen molar-refractivity contribution in [3.63, 3.8) is 0 Å². The maximum absolute atomic E-state index is 14.8. The van der Waals surface area contributed by atoms with Gasteiger partial charge in [0.15, 0.2) is 0 Å². The molecule has 0 aliphatic heterocycles. The van der Waals surface area contributed by atoms with Crippen LogP contribution >= 0.6 is 0 Å². The number of halogens is 4. The van der Waals surface area contributed by atoms with E-state index in [1.165, 1.54) is 13.0 Å². The molecule has 1 atom stereocenters. The molecular formula is C29H27F4N5O4. The van der Waals surface area contributed by atoms with Crippen LogP contribution < -0.4 is 21.7 Å². The molecule has 0 aliphatic rings. The monoisotopic (exact) mass is 585 g/mol. The predicted octanol–water partition coefficient (Wildman–Crippen LogP) is 5.33. The van der Waals surface area contributed by atoms with Gasteiger partial charge in [0.1, 0.15) is 17.7 Å². The van der Waals surface area contributed by atoms with Crippen molar-refractivity contribution >= 4 is 45.7 Å². The number of anilines is 3. The highest BCUT2D eigenvalue weighted by Gasteiger charge is 2.38. The van der Waals surface area contributed by atoms with Crippen LogP contribution in [0.5, 0.6) is 0 Å². The van der Waals surface area contributed by atoms with Gasteiger partial charge in [0.25, 0.3) is 0 Å². The summed E-state index contributed by atoms with van der Waals surface area (Å²) in [6.07, 6.45) is -3.47. The molecule has 0 fully saturated rings. The number of nitrogens with one attached hydrogen (secondary N) is 3. The number of nitrogens with zero attached hydrogens (tertiary/aromatic N) is 1. The second kappa shape index (κ2) is 13.4. The van der Waals surface area contributed by atoms with Crippen LogP contribution in [0, 0.1) is 12.7 Å². The SMILES string of the molecule is CC(=O)Nc1cccc(CNC(=O)C(Nc2ccc3c(N)nccc3c2)c2cc(C)ccc2F)c1.O=C(O)C(F)(F)F. The highest BCUT2D eigenvalue weighted by Crippen LogP contribution is 2.27. The number of aryl methyl sites for hydroxylation is 1. The highest BCUT2D eigenvalue weighted by atomic mass is 19.4. The van der Waals surface area contributed by atoms with Gasteiger partial charge in [-0.2, -0.15) is 13.2 Å². The summed E-state index contributed by atoms with van der Waals surface area (Å²) >= 11 is 0. The Morgan fingerprint density at radius 1 is 1.00 bits per heavy atom. The molecule has 9 nitrogen and oxygen atoms in total. The average Bonchev–Trinajstić information content (AvgIpc) is 2.91. The first kappa shape index (κ1) is 31.3. The summed E-state index contributed by atoms with van der Waals surface area (Å²) in [6.45, 7) is 3.48. The number of hydrogen-bond acceptors (Lipinski definition) is 6. The molecule has 0 saturated heterocycles. The number of pyridine rings is 1. The van der Waals surface area contributed by atoms with Crippen LogP contribution in [0.1, 0.15) is 29.7 Å². The molecule has 3 aromatic carbocycles. The van der Waals surface area contributed by atoms with E-state index in [1.54, 1.807) is 42.6 Å². The summed E-state index contributed by atoms with van der Waals surface area (Å²) in [7, 11) is 0. The molecule has 42 heavy (non-hydrogen) atoms. The van der Waals surface area contributed by atoms with Crippen molar-refractivity contribution in [2.24, 2.45) is 0 Å². The Hall–Kier alpha value is -5.20. The van der Waals surface area contributed by atoms with E-state index in [0.717, 1.165) is 21.9 Å². The number of fused-ring (bicyclic) bond motifs is 1. The van der Waals surface area contributed by atoms with Crippen LogP contribution in [0.15, 0.2) is 72.9 Å². The molecule has 220 valence electrons. The minimum atomic E-state index is -5.08. The van der Waals surface area contributed by atoms with Gasteiger partial charge in [0.05, 0.1) is 0 Å². The molecule has 1 unspecified atom stereocenters. The quantitative estimate of drug-likeness (QED) is 0.184. The number of amides is 2. The number of hydrogen-bond donors (Lipinski definition) is 5. The Morgan fingerprint density at radius 3 is 2.38 bits per heavy atom. The Kier molecular flexibility index (Phi) is 10.0. The number of carboxylic acids is 1. The molecule has 0 spiro atoms. The van der Waals surface area contributed by atoms with Gasteiger partial charge < -0.3 is 26.8 Å². The van der Waals surface area contributed by atoms with Gasteiger partial charge in [-0.3, -0.25) is 9.59 Å². The number of rotatable bonds is 7. The minimum absolute atomic E-state index is 0.182. The first-order valence-corrected chi connectivity index (χ1v) is 12.4. The lowest BCUT2D eigenvalue weighted by Crippen LogP contribution is -2.33. The summed E-state index contributed by atoms with van der Waals surface area (Å²) in [5, 5.41) is 17.5. The van der Waals surface area contributed by atoms with Crippen LogP contribution in [0.4, 0.5) is 34.8 Å². The van der Waals surface area contributed by atoms with Gasteiger partial charge in [-0.05, 0) is 60.3 Å². The molecule has 4 aromatic rings. The van der Waals surface area contributed by atoms with E-state index < -0.39 is 29.9 Å². The van der Waals surface area contributed by atoms with Gasteiger partial charge in [-0.1, -0.05) is 29.8 Å². The number of benzene rings is 3. The van der Waals surface area contributed by atoms with Crippen molar-refractivity contribution in [3.05, 3.63) is 95.4 Å². The Bertz CT molecular complexity index is 1610. The molecule has 0 saturated carbocycles. The van der Waals surface area contributed by atoms with E-state index in [-0.39, 0.29) is 18.0 Å². The molecule has 6 N–H and O–H groups in total. The second-order valence-corrected chi connectivity index (χ2v) is 9.14. The van der Waals surface area contributed by atoms with Crippen LogP contribution in [-0.4, -0.2) is 34.1 Å². The Labute approximate surface area is 237 Å². The normalized spacial score (nSPS) is 11.6. The third kappa shape index (κ3) is 8.65. The van der Waals surface area contributed by atoms with Crippen molar-refractivity contribution in [2.45, 2.75) is 32.6 Å².